The van der Waals surface area contributed by atoms with Gasteiger partial charge in [-0.3, -0.25) is 9.59 Å². The minimum atomic E-state index is -0.579. The van der Waals surface area contributed by atoms with Crippen LogP contribution in [0.3, 0.4) is 0 Å². The number of ether oxygens (including phenoxy) is 1. The number of aryl methyl sites for hydroxylation is 1. The van der Waals surface area contributed by atoms with Crippen LogP contribution in [0.4, 0.5) is 10.7 Å². The summed E-state index contributed by atoms with van der Waals surface area (Å²) in [5.74, 6) is -1.58. The Kier molecular flexibility index (Phi) is 9.47. The van der Waals surface area contributed by atoms with E-state index in [0.29, 0.717) is 38.1 Å². The summed E-state index contributed by atoms with van der Waals surface area (Å²) in [6.07, 6.45) is 3.73. The molecule has 0 saturated carbocycles. The largest absolute Gasteiger partial charge is 0.462 e. The van der Waals surface area contributed by atoms with Crippen molar-refractivity contribution in [1.82, 2.24) is 5.32 Å². The van der Waals surface area contributed by atoms with Crippen molar-refractivity contribution in [3.63, 3.8) is 0 Å². The van der Waals surface area contributed by atoms with Gasteiger partial charge in [-0.05, 0) is 68.7 Å². The van der Waals surface area contributed by atoms with Crippen LogP contribution in [0.2, 0.25) is 0 Å². The molecule has 42 heavy (non-hydrogen) atoms. The number of para-hydroxylation sites is 1. The first-order chi connectivity index (χ1) is 20.4. The van der Waals surface area contributed by atoms with Crippen molar-refractivity contribution < 1.29 is 19.1 Å². The minimum Gasteiger partial charge on any atom is -0.462 e. The number of thiophene rings is 2. The van der Waals surface area contributed by atoms with Crippen LogP contribution in [-0.4, -0.2) is 30.1 Å². The first-order valence-corrected chi connectivity index (χ1v) is 16.4. The van der Waals surface area contributed by atoms with Crippen LogP contribution >= 0.6 is 34.4 Å². The Hall–Kier alpha value is -3.85. The third-order valence-corrected chi connectivity index (χ3v) is 10.2. The fourth-order valence-electron chi connectivity index (χ4n) is 5.16. The molecule has 2 aromatic heterocycles. The maximum Gasteiger partial charge on any atom is 0.341 e. The lowest BCUT2D eigenvalue weighted by atomic mass is 9.86. The molecule has 0 unspecified atom stereocenters. The number of dihydropyridines is 1. The zero-order chi connectivity index (χ0) is 29.6. The fraction of sp³-hybridized carbons (Fsp3) is 0.290. The van der Waals surface area contributed by atoms with Crippen molar-refractivity contribution in [2.24, 2.45) is 0 Å². The molecule has 0 bridgehead atoms. The molecule has 1 aliphatic heterocycles. The highest BCUT2D eigenvalue weighted by Gasteiger charge is 2.35. The van der Waals surface area contributed by atoms with Gasteiger partial charge >= 0.3 is 5.97 Å². The maximum absolute atomic E-state index is 13.5. The molecule has 1 aromatic carbocycles. The summed E-state index contributed by atoms with van der Waals surface area (Å²) in [7, 11) is 0. The number of anilines is 2. The second-order valence-electron chi connectivity index (χ2n) is 9.76. The van der Waals surface area contributed by atoms with Crippen molar-refractivity contribution in [2.75, 3.05) is 23.0 Å². The molecule has 2 amide bonds. The van der Waals surface area contributed by atoms with E-state index in [4.69, 9.17) is 4.74 Å². The van der Waals surface area contributed by atoms with E-state index in [2.05, 4.69) is 22.0 Å². The number of carbonyl (C=O) groups excluding carboxylic acids is 3. The van der Waals surface area contributed by atoms with Crippen molar-refractivity contribution in [3.05, 3.63) is 90.6 Å². The van der Waals surface area contributed by atoms with E-state index >= 15 is 0 Å². The number of esters is 1. The molecule has 3 aromatic rings. The Morgan fingerprint density at radius 1 is 1.12 bits per heavy atom. The van der Waals surface area contributed by atoms with Crippen molar-refractivity contribution in [3.8, 4) is 6.07 Å². The molecule has 11 heteroatoms. The zero-order valence-electron chi connectivity index (χ0n) is 23.2. The first kappa shape index (κ1) is 29.6. The predicted octanol–water partition coefficient (Wildman–Crippen LogP) is 6.57. The third-order valence-electron chi connectivity index (χ3n) is 7.00. The minimum absolute atomic E-state index is 0.00826. The molecule has 0 saturated heterocycles. The Labute approximate surface area is 256 Å². The molecule has 1 atom stereocenters. The molecule has 0 fully saturated rings. The first-order valence-electron chi connectivity index (χ1n) is 13.7. The van der Waals surface area contributed by atoms with Crippen molar-refractivity contribution in [2.45, 2.75) is 45.4 Å². The Morgan fingerprint density at radius 3 is 2.62 bits per heavy atom. The van der Waals surface area contributed by atoms with Crippen LogP contribution in [-0.2, 0) is 27.2 Å². The number of thioether (sulfide) groups is 1. The molecule has 1 aliphatic carbocycles. The SMILES string of the molecule is CCOC(=O)c1c(NC(=O)CSC2=C(C#N)[C@H](c3cccs3)C(C(=O)Nc3ccccc3)=C(C)N2)sc2c1CCCC2. The summed E-state index contributed by atoms with van der Waals surface area (Å²) in [5, 5.41) is 22.3. The third kappa shape index (κ3) is 6.31. The van der Waals surface area contributed by atoms with Crippen LogP contribution in [0.1, 0.15) is 58.3 Å². The van der Waals surface area contributed by atoms with E-state index in [1.165, 1.54) is 34.4 Å². The van der Waals surface area contributed by atoms with Gasteiger partial charge in [-0.2, -0.15) is 5.26 Å². The fourth-order valence-corrected chi connectivity index (χ4v) is 8.19. The molecular formula is C31H30N4O4S3. The van der Waals surface area contributed by atoms with E-state index in [1.54, 1.807) is 13.8 Å². The lowest BCUT2D eigenvalue weighted by Crippen LogP contribution is -2.30. The second-order valence-corrected chi connectivity index (χ2v) is 12.8. The Morgan fingerprint density at radius 2 is 1.90 bits per heavy atom. The normalized spacial score (nSPS) is 16.3. The number of hydrogen-bond donors (Lipinski definition) is 3. The van der Waals surface area contributed by atoms with Gasteiger partial charge in [0.1, 0.15) is 5.00 Å². The number of nitrogens with one attached hydrogen (secondary N) is 3. The summed E-state index contributed by atoms with van der Waals surface area (Å²) in [5.41, 5.74) is 3.54. The number of nitrogens with zero attached hydrogens (tertiary/aromatic N) is 1. The van der Waals surface area contributed by atoms with Gasteiger partial charge in [-0.15, -0.1) is 22.7 Å². The van der Waals surface area contributed by atoms with Gasteiger partial charge in [0, 0.05) is 26.7 Å². The Bertz CT molecular complexity index is 1600. The molecule has 3 heterocycles. The molecule has 0 spiro atoms. The summed E-state index contributed by atoms with van der Waals surface area (Å²) in [6, 6.07) is 15.3. The van der Waals surface area contributed by atoms with E-state index < -0.39 is 11.9 Å². The zero-order valence-corrected chi connectivity index (χ0v) is 25.7. The molecule has 2 aliphatic rings. The highest BCUT2D eigenvalue weighted by Crippen LogP contribution is 2.43. The summed E-state index contributed by atoms with van der Waals surface area (Å²) in [6.45, 7) is 3.82. The van der Waals surface area contributed by atoms with E-state index in [9.17, 15) is 19.6 Å². The smallest absolute Gasteiger partial charge is 0.341 e. The Balaban J connectivity index is 1.37. The number of nitriles is 1. The number of benzene rings is 1. The number of rotatable bonds is 9. The summed E-state index contributed by atoms with van der Waals surface area (Å²) >= 11 is 4.11. The molecular weight excluding hydrogens is 589 g/mol. The van der Waals surface area contributed by atoms with Gasteiger partial charge in [0.05, 0.1) is 40.5 Å². The number of amides is 2. The second kappa shape index (κ2) is 13.4. The van der Waals surface area contributed by atoms with Gasteiger partial charge in [-0.25, -0.2) is 4.79 Å². The highest BCUT2D eigenvalue weighted by molar-refractivity contribution is 8.03. The van der Waals surface area contributed by atoms with Crippen LogP contribution in [0.15, 0.2) is 69.7 Å². The number of allylic oxidation sites excluding steroid dienone is 2. The predicted molar refractivity (Wildman–Crippen MR) is 169 cm³/mol. The van der Waals surface area contributed by atoms with E-state index in [-0.39, 0.29) is 24.2 Å². The standard InChI is InChI=1S/C31H30N4O4S3/c1-3-39-31(38)27-20-12-7-8-13-22(20)42-30(27)35-24(36)17-41-29-21(16-32)26(23-14-9-15-40-23)25(18(2)33-29)28(37)34-19-10-5-4-6-11-19/h4-6,9-11,14-15,26,33H,3,7-8,12-13,17H2,1-2H3,(H,34,37)(H,35,36)/t26-/m1/s1. The highest BCUT2D eigenvalue weighted by atomic mass is 32.2. The van der Waals surface area contributed by atoms with Crippen LogP contribution in [0.25, 0.3) is 0 Å². The van der Waals surface area contributed by atoms with Gasteiger partial charge in [0.2, 0.25) is 5.91 Å². The quantitative estimate of drug-likeness (QED) is 0.232. The number of fused-ring (bicyclic) bond motifs is 1. The number of carbonyl (C=O) groups is 3. The maximum atomic E-state index is 13.5. The van der Waals surface area contributed by atoms with Crippen molar-refractivity contribution >= 4 is 62.9 Å². The van der Waals surface area contributed by atoms with E-state index in [1.807, 2.05) is 47.8 Å². The van der Waals surface area contributed by atoms with Crippen LogP contribution in [0.5, 0.6) is 0 Å². The molecule has 8 nitrogen and oxygen atoms in total. The van der Waals surface area contributed by atoms with E-state index in [0.717, 1.165) is 41.0 Å². The summed E-state index contributed by atoms with van der Waals surface area (Å²) in [4.78, 5) is 41.4. The van der Waals surface area contributed by atoms with Gasteiger partial charge in [0.25, 0.3) is 5.91 Å². The average molecular weight is 619 g/mol. The molecule has 0 radical (unpaired) electrons. The topological polar surface area (TPSA) is 120 Å². The van der Waals surface area contributed by atoms with Gasteiger partial charge in [-0.1, -0.05) is 36.0 Å². The molecule has 216 valence electrons. The molecule has 5 rings (SSSR count). The van der Waals surface area contributed by atoms with Crippen molar-refractivity contribution in [1.29, 1.82) is 5.26 Å². The van der Waals surface area contributed by atoms with Crippen LogP contribution < -0.4 is 16.0 Å². The van der Waals surface area contributed by atoms with Gasteiger partial charge in [0.15, 0.2) is 0 Å². The monoisotopic (exact) mass is 618 g/mol. The molecule has 3 N–H and O–H groups in total. The lowest BCUT2D eigenvalue weighted by Gasteiger charge is -2.29. The van der Waals surface area contributed by atoms with Gasteiger partial charge < -0.3 is 20.7 Å². The average Bonchev–Trinajstić information content (AvgIpc) is 3.64. The van der Waals surface area contributed by atoms with Crippen LogP contribution in [0, 0.1) is 11.3 Å². The number of hydrogen-bond acceptors (Lipinski definition) is 9. The lowest BCUT2D eigenvalue weighted by molar-refractivity contribution is -0.114. The summed E-state index contributed by atoms with van der Waals surface area (Å²) < 4.78 is 5.31.